The van der Waals surface area contributed by atoms with Gasteiger partial charge in [-0.25, -0.2) is 0 Å². The van der Waals surface area contributed by atoms with E-state index in [-0.39, 0.29) is 30.7 Å². The van der Waals surface area contributed by atoms with E-state index >= 15 is 0 Å². The van der Waals surface area contributed by atoms with Gasteiger partial charge < -0.3 is 14.2 Å². The van der Waals surface area contributed by atoms with Gasteiger partial charge in [-0.3, -0.25) is 4.79 Å². The zero-order chi connectivity index (χ0) is 7.84. The molecule has 2 heterocycles. The quantitative estimate of drug-likeness (QED) is 0.519. The lowest BCUT2D eigenvalue weighted by Gasteiger charge is -2.11. The number of ether oxygens (including phenoxy) is 3. The Morgan fingerprint density at radius 3 is 3.09 bits per heavy atom. The maximum Gasteiger partial charge on any atom is 0.169 e. The third-order valence-corrected chi connectivity index (χ3v) is 2.16. The van der Waals surface area contributed by atoms with Gasteiger partial charge in [0.15, 0.2) is 12.1 Å². The van der Waals surface area contributed by atoms with Crippen molar-refractivity contribution < 1.29 is 19.0 Å². The largest absolute Gasteiger partial charge is 0.367 e. The van der Waals surface area contributed by atoms with Crippen LogP contribution < -0.4 is 0 Å². The summed E-state index contributed by atoms with van der Waals surface area (Å²) in [5.74, 6) is -0.0839. The molecule has 2 aliphatic rings. The number of carbonyl (C=O) groups excluding carboxylic acids is 1. The molecule has 0 N–H and O–H groups in total. The van der Waals surface area contributed by atoms with Gasteiger partial charge in [0.25, 0.3) is 0 Å². The van der Waals surface area contributed by atoms with Crippen LogP contribution in [0, 0.1) is 5.92 Å². The minimum Gasteiger partial charge on any atom is -0.367 e. The van der Waals surface area contributed by atoms with Gasteiger partial charge in [0, 0.05) is 7.11 Å². The molecule has 4 heteroatoms. The number of ketones is 1. The lowest BCUT2D eigenvalue weighted by atomic mass is 10.0. The number of Topliss-reactive ketones (excluding diaryl/α,β-unsaturated/α-hetero) is 1. The standard InChI is InChI=1S/C7H10O4/c1-9-7-6-4(8)2-10-5(6)3-11-7/h5-7H,2-3H2,1H3/t5-,6-,7+/m1/s1. The van der Waals surface area contributed by atoms with E-state index in [2.05, 4.69) is 0 Å². The highest BCUT2D eigenvalue weighted by molar-refractivity contribution is 5.85. The van der Waals surface area contributed by atoms with Crippen LogP contribution in [0.25, 0.3) is 0 Å². The minimum atomic E-state index is -0.380. The smallest absolute Gasteiger partial charge is 0.169 e. The fourth-order valence-corrected chi connectivity index (χ4v) is 1.58. The first-order chi connectivity index (χ1) is 5.33. The van der Waals surface area contributed by atoms with Gasteiger partial charge in [-0.1, -0.05) is 0 Å². The molecule has 0 amide bonds. The number of methoxy groups -OCH3 is 1. The molecule has 11 heavy (non-hydrogen) atoms. The van der Waals surface area contributed by atoms with Crippen LogP contribution in [-0.2, 0) is 19.0 Å². The predicted molar refractivity (Wildman–Crippen MR) is 35.0 cm³/mol. The van der Waals surface area contributed by atoms with Gasteiger partial charge in [-0.2, -0.15) is 0 Å². The Morgan fingerprint density at radius 2 is 2.36 bits per heavy atom. The zero-order valence-corrected chi connectivity index (χ0v) is 6.28. The number of hydrogen-bond donors (Lipinski definition) is 0. The van der Waals surface area contributed by atoms with Crippen molar-refractivity contribution in [2.75, 3.05) is 20.3 Å². The molecule has 2 aliphatic heterocycles. The monoisotopic (exact) mass is 158 g/mol. The van der Waals surface area contributed by atoms with Crippen molar-refractivity contribution in [3.05, 3.63) is 0 Å². The molecule has 0 aromatic rings. The van der Waals surface area contributed by atoms with Crippen molar-refractivity contribution in [2.45, 2.75) is 12.4 Å². The maximum atomic E-state index is 11.1. The van der Waals surface area contributed by atoms with Crippen molar-refractivity contribution in [3.63, 3.8) is 0 Å². The average molecular weight is 158 g/mol. The lowest BCUT2D eigenvalue weighted by Crippen LogP contribution is -2.27. The third-order valence-electron chi connectivity index (χ3n) is 2.16. The zero-order valence-electron chi connectivity index (χ0n) is 6.28. The van der Waals surface area contributed by atoms with E-state index in [1.807, 2.05) is 0 Å². The molecule has 2 saturated heterocycles. The van der Waals surface area contributed by atoms with E-state index in [9.17, 15) is 4.79 Å². The molecule has 0 aliphatic carbocycles. The molecular weight excluding hydrogens is 148 g/mol. The Labute approximate surface area is 64.4 Å². The molecule has 0 bridgehead atoms. The lowest BCUT2D eigenvalue weighted by molar-refractivity contribution is -0.140. The van der Waals surface area contributed by atoms with Gasteiger partial charge in [0.2, 0.25) is 0 Å². The molecule has 2 fully saturated rings. The highest BCUT2D eigenvalue weighted by atomic mass is 16.7. The molecule has 4 nitrogen and oxygen atoms in total. The van der Waals surface area contributed by atoms with Crippen molar-refractivity contribution in [1.82, 2.24) is 0 Å². The van der Waals surface area contributed by atoms with Crippen LogP contribution in [0.5, 0.6) is 0 Å². The van der Waals surface area contributed by atoms with E-state index in [1.165, 1.54) is 0 Å². The second-order valence-corrected chi connectivity index (χ2v) is 2.78. The molecule has 0 unspecified atom stereocenters. The Bertz CT molecular complexity index is 179. The van der Waals surface area contributed by atoms with E-state index in [0.717, 1.165) is 0 Å². The van der Waals surface area contributed by atoms with E-state index < -0.39 is 0 Å². The minimum absolute atomic E-state index is 0.0625. The van der Waals surface area contributed by atoms with Gasteiger partial charge >= 0.3 is 0 Å². The van der Waals surface area contributed by atoms with Crippen LogP contribution in [0.15, 0.2) is 0 Å². The number of rotatable bonds is 1. The van der Waals surface area contributed by atoms with E-state index in [0.29, 0.717) is 6.61 Å². The van der Waals surface area contributed by atoms with Crippen LogP contribution in [0.2, 0.25) is 0 Å². The van der Waals surface area contributed by atoms with Crippen molar-refractivity contribution in [2.24, 2.45) is 5.92 Å². The Morgan fingerprint density at radius 1 is 1.55 bits per heavy atom. The van der Waals surface area contributed by atoms with Crippen molar-refractivity contribution in [1.29, 1.82) is 0 Å². The topological polar surface area (TPSA) is 44.8 Å². The maximum absolute atomic E-state index is 11.1. The Balaban J connectivity index is 2.13. The molecular formula is C7H10O4. The van der Waals surface area contributed by atoms with Crippen molar-refractivity contribution >= 4 is 5.78 Å². The fraction of sp³-hybridized carbons (Fsp3) is 0.857. The normalized spacial score (nSPS) is 43.0. The third kappa shape index (κ3) is 0.982. The van der Waals surface area contributed by atoms with Crippen LogP contribution in [-0.4, -0.2) is 38.5 Å². The second kappa shape index (κ2) is 2.55. The number of fused-ring (bicyclic) bond motifs is 1. The summed E-state index contributed by atoms with van der Waals surface area (Å²) in [6, 6.07) is 0. The summed E-state index contributed by atoms with van der Waals surface area (Å²) in [5.41, 5.74) is 0. The van der Waals surface area contributed by atoms with Gasteiger partial charge in [-0.15, -0.1) is 0 Å². The molecule has 2 rings (SSSR count). The first-order valence-corrected chi connectivity index (χ1v) is 3.61. The summed E-state index contributed by atoms with van der Waals surface area (Å²) in [5, 5.41) is 0. The summed E-state index contributed by atoms with van der Waals surface area (Å²) >= 11 is 0. The van der Waals surface area contributed by atoms with Gasteiger partial charge in [0.1, 0.15) is 6.61 Å². The number of hydrogen-bond acceptors (Lipinski definition) is 4. The van der Waals surface area contributed by atoms with Crippen LogP contribution >= 0.6 is 0 Å². The Hall–Kier alpha value is -0.450. The molecule has 3 atom stereocenters. The van der Waals surface area contributed by atoms with Gasteiger partial charge in [-0.05, 0) is 0 Å². The van der Waals surface area contributed by atoms with E-state index in [4.69, 9.17) is 14.2 Å². The molecule has 62 valence electrons. The van der Waals surface area contributed by atoms with Crippen LogP contribution in [0.1, 0.15) is 0 Å². The molecule has 0 saturated carbocycles. The van der Waals surface area contributed by atoms with E-state index in [1.54, 1.807) is 7.11 Å². The molecule has 0 radical (unpaired) electrons. The fourth-order valence-electron chi connectivity index (χ4n) is 1.58. The van der Waals surface area contributed by atoms with Crippen LogP contribution in [0.3, 0.4) is 0 Å². The summed E-state index contributed by atoms with van der Waals surface area (Å²) in [6.07, 6.45) is -0.442. The summed E-state index contributed by atoms with van der Waals surface area (Å²) < 4.78 is 15.3. The Kier molecular flexibility index (Phi) is 1.67. The average Bonchev–Trinajstić information content (AvgIpc) is 2.54. The SMILES string of the molecule is CO[C@H]1OC[C@H]2OCC(=O)[C@@H]12. The summed E-state index contributed by atoms with van der Waals surface area (Å²) in [4.78, 5) is 11.1. The first-order valence-electron chi connectivity index (χ1n) is 3.61. The first kappa shape index (κ1) is 7.21. The highest BCUT2D eigenvalue weighted by Crippen LogP contribution is 2.29. The molecule has 0 aromatic carbocycles. The van der Waals surface area contributed by atoms with Gasteiger partial charge in [0.05, 0.1) is 18.6 Å². The second-order valence-electron chi connectivity index (χ2n) is 2.78. The molecule has 0 spiro atoms. The van der Waals surface area contributed by atoms with Crippen molar-refractivity contribution in [3.8, 4) is 0 Å². The summed E-state index contributed by atoms with van der Waals surface area (Å²) in [7, 11) is 1.54. The number of carbonyl (C=O) groups is 1. The predicted octanol–water partition coefficient (Wildman–Crippen LogP) is -0.427. The summed E-state index contributed by atoms with van der Waals surface area (Å²) in [6.45, 7) is 0.702. The highest BCUT2D eigenvalue weighted by Gasteiger charge is 2.47. The van der Waals surface area contributed by atoms with Crippen LogP contribution in [0.4, 0.5) is 0 Å². The molecule has 0 aromatic heterocycles.